The van der Waals surface area contributed by atoms with E-state index in [0.29, 0.717) is 28.8 Å². The zero-order valence-corrected chi connectivity index (χ0v) is 17.4. The molecule has 0 atom stereocenters. The van der Waals surface area contributed by atoms with Gasteiger partial charge in [0.15, 0.2) is 0 Å². The van der Waals surface area contributed by atoms with Crippen LogP contribution < -0.4 is 14.2 Å². The molecule has 4 aromatic rings. The van der Waals surface area contributed by atoms with Crippen molar-refractivity contribution in [3.05, 3.63) is 72.1 Å². The molecule has 0 bridgehead atoms. The van der Waals surface area contributed by atoms with Crippen LogP contribution in [0.2, 0.25) is 0 Å². The van der Waals surface area contributed by atoms with Gasteiger partial charge in [-0.2, -0.15) is 0 Å². The number of rotatable bonds is 7. The molecular formula is C24H21N3O4. The molecule has 0 saturated heterocycles. The molecule has 2 aromatic heterocycles. The van der Waals surface area contributed by atoms with Gasteiger partial charge in [-0.3, -0.25) is 4.98 Å². The summed E-state index contributed by atoms with van der Waals surface area (Å²) in [7, 11) is 4.84. The highest BCUT2D eigenvalue weighted by Crippen LogP contribution is 2.38. The van der Waals surface area contributed by atoms with Crippen LogP contribution in [0.1, 0.15) is 11.1 Å². The fourth-order valence-electron chi connectivity index (χ4n) is 3.08. The van der Waals surface area contributed by atoms with Gasteiger partial charge in [0.25, 0.3) is 5.89 Å². The number of ether oxygens (including phenoxy) is 3. The van der Waals surface area contributed by atoms with Crippen molar-refractivity contribution in [2.75, 3.05) is 21.3 Å². The molecule has 0 radical (unpaired) electrons. The number of methoxy groups -OCH3 is 3. The molecule has 7 heteroatoms. The Morgan fingerprint density at radius 1 is 0.806 bits per heavy atom. The summed E-state index contributed by atoms with van der Waals surface area (Å²) in [4.78, 5) is 4.10. The molecule has 0 aliphatic heterocycles. The lowest BCUT2D eigenvalue weighted by atomic mass is 10.0. The molecule has 7 nitrogen and oxygen atoms in total. The molecule has 0 N–H and O–H groups in total. The third-order valence-electron chi connectivity index (χ3n) is 4.68. The first-order chi connectivity index (χ1) is 15.2. The van der Waals surface area contributed by atoms with Crippen molar-refractivity contribution in [1.29, 1.82) is 0 Å². The highest BCUT2D eigenvalue weighted by atomic mass is 16.5. The molecule has 0 fully saturated rings. The van der Waals surface area contributed by atoms with Crippen molar-refractivity contribution in [2.45, 2.75) is 0 Å². The maximum absolute atomic E-state index is 5.96. The number of hydrogen-bond acceptors (Lipinski definition) is 7. The van der Waals surface area contributed by atoms with Gasteiger partial charge in [0, 0.05) is 18.5 Å². The van der Waals surface area contributed by atoms with Crippen molar-refractivity contribution in [3.63, 3.8) is 0 Å². The predicted molar refractivity (Wildman–Crippen MR) is 118 cm³/mol. The Morgan fingerprint density at radius 3 is 2.26 bits per heavy atom. The monoisotopic (exact) mass is 415 g/mol. The van der Waals surface area contributed by atoms with Crippen molar-refractivity contribution in [1.82, 2.24) is 15.2 Å². The number of pyridine rings is 1. The van der Waals surface area contributed by atoms with E-state index in [1.165, 1.54) is 0 Å². The molecule has 0 aliphatic rings. The molecule has 0 spiro atoms. The molecule has 31 heavy (non-hydrogen) atoms. The van der Waals surface area contributed by atoms with E-state index in [1.807, 2.05) is 54.6 Å². The highest BCUT2D eigenvalue weighted by molar-refractivity contribution is 5.83. The van der Waals surface area contributed by atoms with Gasteiger partial charge in [-0.15, -0.1) is 10.2 Å². The molecule has 0 aliphatic carbocycles. The van der Waals surface area contributed by atoms with Gasteiger partial charge in [0.2, 0.25) is 5.89 Å². The fourth-order valence-corrected chi connectivity index (χ4v) is 3.08. The maximum atomic E-state index is 5.96. The van der Waals surface area contributed by atoms with E-state index in [0.717, 1.165) is 22.4 Å². The average Bonchev–Trinajstić information content (AvgIpc) is 3.32. The zero-order chi connectivity index (χ0) is 21.6. The van der Waals surface area contributed by atoms with Crippen LogP contribution >= 0.6 is 0 Å². The summed E-state index contributed by atoms with van der Waals surface area (Å²) in [6.07, 6.45) is 7.30. The lowest BCUT2D eigenvalue weighted by molar-refractivity contribution is 0.394. The van der Waals surface area contributed by atoms with Crippen LogP contribution in [-0.2, 0) is 0 Å². The van der Waals surface area contributed by atoms with Crippen LogP contribution in [-0.4, -0.2) is 36.5 Å². The van der Waals surface area contributed by atoms with Crippen LogP contribution in [0, 0.1) is 0 Å². The van der Waals surface area contributed by atoms with Gasteiger partial charge in [-0.05, 0) is 41.5 Å². The van der Waals surface area contributed by atoms with Crippen molar-refractivity contribution < 1.29 is 18.6 Å². The Kier molecular flexibility index (Phi) is 5.93. The average molecular weight is 415 g/mol. The van der Waals surface area contributed by atoms with Gasteiger partial charge in [-0.1, -0.05) is 24.3 Å². The van der Waals surface area contributed by atoms with Crippen molar-refractivity contribution in [2.24, 2.45) is 0 Å². The Bertz CT molecular complexity index is 1190. The van der Waals surface area contributed by atoms with E-state index in [1.54, 1.807) is 39.8 Å². The van der Waals surface area contributed by atoms with Crippen LogP contribution in [0.15, 0.2) is 65.3 Å². The molecule has 0 saturated carbocycles. The van der Waals surface area contributed by atoms with E-state index in [-0.39, 0.29) is 0 Å². The number of nitrogens with zero attached hydrogens (tertiary/aromatic N) is 3. The van der Waals surface area contributed by atoms with E-state index in [2.05, 4.69) is 15.2 Å². The van der Waals surface area contributed by atoms with E-state index >= 15 is 0 Å². The summed E-state index contributed by atoms with van der Waals surface area (Å²) in [5.74, 6) is 2.74. The van der Waals surface area contributed by atoms with Crippen LogP contribution in [0.3, 0.4) is 0 Å². The van der Waals surface area contributed by atoms with Crippen LogP contribution in [0.5, 0.6) is 17.2 Å². The van der Waals surface area contributed by atoms with Gasteiger partial charge in [-0.25, -0.2) is 0 Å². The summed E-state index contributed by atoms with van der Waals surface area (Å²) in [6.45, 7) is 0. The summed E-state index contributed by atoms with van der Waals surface area (Å²) < 4.78 is 22.2. The van der Waals surface area contributed by atoms with Gasteiger partial charge in [0.05, 0.1) is 32.5 Å². The maximum Gasteiger partial charge on any atom is 0.252 e. The highest BCUT2D eigenvalue weighted by Gasteiger charge is 2.19. The van der Waals surface area contributed by atoms with Gasteiger partial charge < -0.3 is 18.6 Å². The molecular weight excluding hydrogens is 394 g/mol. The number of benzene rings is 2. The predicted octanol–water partition coefficient (Wildman–Crippen LogP) is 4.99. The molecule has 4 rings (SSSR count). The molecule has 2 aromatic carbocycles. The summed E-state index contributed by atoms with van der Waals surface area (Å²) in [5, 5.41) is 8.43. The summed E-state index contributed by atoms with van der Waals surface area (Å²) in [6, 6.07) is 15.1. The quantitative estimate of drug-likeness (QED) is 0.393. The summed E-state index contributed by atoms with van der Waals surface area (Å²) in [5.41, 5.74) is 3.24. The first-order valence-electron chi connectivity index (χ1n) is 9.54. The molecule has 0 amide bonds. The smallest absolute Gasteiger partial charge is 0.252 e. The lowest BCUT2D eigenvalue weighted by Gasteiger charge is -2.11. The van der Waals surface area contributed by atoms with E-state index in [9.17, 15) is 0 Å². The Morgan fingerprint density at radius 2 is 1.58 bits per heavy atom. The Balaban J connectivity index is 1.77. The second-order valence-corrected chi connectivity index (χ2v) is 6.55. The largest absolute Gasteiger partial charge is 0.497 e. The minimum absolute atomic E-state index is 0.340. The first kappa shape index (κ1) is 20.2. The van der Waals surface area contributed by atoms with E-state index in [4.69, 9.17) is 18.6 Å². The number of hydrogen-bond donors (Lipinski definition) is 0. The second kappa shape index (κ2) is 9.13. The molecule has 0 unspecified atom stereocenters. The van der Waals surface area contributed by atoms with Crippen LogP contribution in [0.4, 0.5) is 0 Å². The van der Waals surface area contributed by atoms with Crippen LogP contribution in [0.25, 0.3) is 35.1 Å². The van der Waals surface area contributed by atoms with Gasteiger partial charge in [0.1, 0.15) is 17.2 Å². The topological polar surface area (TPSA) is 79.5 Å². The first-order valence-corrected chi connectivity index (χ1v) is 9.54. The molecule has 156 valence electrons. The Hall–Kier alpha value is -4.13. The fraction of sp³-hybridized carbons (Fsp3) is 0.125. The van der Waals surface area contributed by atoms with Crippen molar-refractivity contribution in [3.8, 4) is 40.2 Å². The SMILES string of the molecule is COc1ccc(/C=C/c2cc(OC)cc(OC)c2-c2nnc(-c3cccnc3)o2)cc1. The van der Waals surface area contributed by atoms with Crippen molar-refractivity contribution >= 4 is 12.2 Å². The normalized spacial score (nSPS) is 10.9. The standard InChI is InChI=1S/C24H21N3O4/c1-28-19-10-7-16(8-11-19)6-9-17-13-20(29-2)14-21(30-3)22(17)24-27-26-23(31-24)18-5-4-12-25-15-18/h4-15H,1-3H3/b9-6+. The second-order valence-electron chi connectivity index (χ2n) is 6.55. The third kappa shape index (κ3) is 4.40. The minimum Gasteiger partial charge on any atom is -0.497 e. The lowest BCUT2D eigenvalue weighted by Crippen LogP contribution is -1.94. The molecule has 2 heterocycles. The van der Waals surface area contributed by atoms with E-state index < -0.39 is 0 Å². The zero-order valence-electron chi connectivity index (χ0n) is 17.4. The number of aromatic nitrogens is 3. The third-order valence-corrected chi connectivity index (χ3v) is 4.68. The summed E-state index contributed by atoms with van der Waals surface area (Å²) >= 11 is 0. The minimum atomic E-state index is 0.340. The van der Waals surface area contributed by atoms with Gasteiger partial charge >= 0.3 is 0 Å². The Labute approximate surface area is 180 Å².